The summed E-state index contributed by atoms with van der Waals surface area (Å²) in [7, 11) is 0. The third-order valence-electron chi connectivity index (χ3n) is 3.65. The molecule has 4 nitrogen and oxygen atoms in total. The molecule has 0 heterocycles. The van der Waals surface area contributed by atoms with Crippen LogP contribution < -0.4 is 5.32 Å². The van der Waals surface area contributed by atoms with Crippen LogP contribution in [0.15, 0.2) is 48.5 Å². The number of nitrogens with zero attached hydrogens (tertiary/aromatic N) is 1. The fraction of sp³-hybridized carbons (Fsp3) is 0.222. The van der Waals surface area contributed by atoms with Crippen molar-refractivity contribution in [2.45, 2.75) is 25.9 Å². The molecule has 2 aromatic carbocycles. The highest BCUT2D eigenvalue weighted by Gasteiger charge is 2.30. The van der Waals surface area contributed by atoms with Crippen LogP contribution in [0.5, 0.6) is 0 Å². The van der Waals surface area contributed by atoms with Gasteiger partial charge < -0.3 is 10.4 Å². The molecule has 2 N–H and O–H groups in total. The van der Waals surface area contributed by atoms with Crippen LogP contribution >= 0.6 is 0 Å². The second kappa shape index (κ2) is 6.42. The number of amides is 1. The minimum Gasteiger partial charge on any atom is -0.392 e. The van der Waals surface area contributed by atoms with E-state index in [1.165, 1.54) is 0 Å². The Labute approximate surface area is 130 Å². The summed E-state index contributed by atoms with van der Waals surface area (Å²) >= 11 is 0. The zero-order valence-electron chi connectivity index (χ0n) is 12.6. The first kappa shape index (κ1) is 15.7. The van der Waals surface area contributed by atoms with Gasteiger partial charge in [0, 0.05) is 5.69 Å². The van der Waals surface area contributed by atoms with Crippen molar-refractivity contribution in [2.75, 3.05) is 5.32 Å². The Morgan fingerprint density at radius 2 is 1.95 bits per heavy atom. The molecule has 0 aliphatic carbocycles. The molecule has 0 bridgehead atoms. The molecule has 2 aromatic rings. The van der Waals surface area contributed by atoms with Gasteiger partial charge in [0.2, 0.25) is 5.91 Å². The van der Waals surface area contributed by atoms with Gasteiger partial charge in [-0.25, -0.2) is 0 Å². The number of carbonyl (C=O) groups excluding carboxylic acids is 1. The average Bonchev–Trinajstić information content (AvgIpc) is 2.55. The van der Waals surface area contributed by atoms with E-state index in [0.717, 1.165) is 11.1 Å². The molecule has 0 aliphatic rings. The number of hydrogen-bond acceptors (Lipinski definition) is 3. The van der Waals surface area contributed by atoms with E-state index in [1.54, 1.807) is 42.5 Å². The highest BCUT2D eigenvalue weighted by Crippen LogP contribution is 2.26. The Kier molecular flexibility index (Phi) is 4.59. The van der Waals surface area contributed by atoms with Crippen LogP contribution in [0.4, 0.5) is 5.69 Å². The molecule has 0 radical (unpaired) electrons. The summed E-state index contributed by atoms with van der Waals surface area (Å²) in [5.74, 6) is -0.169. The first-order valence-electron chi connectivity index (χ1n) is 6.99. The van der Waals surface area contributed by atoms with E-state index >= 15 is 0 Å². The standard InChI is InChI=1S/C18H18N2O2/c1-18(2,15-7-3-5-13(9-15)11-19)17(22)20-16-8-4-6-14(10-16)12-21/h3-10,21H,12H2,1-2H3,(H,20,22). The molecule has 4 heteroatoms. The third-order valence-corrected chi connectivity index (χ3v) is 3.65. The van der Waals surface area contributed by atoms with Crippen molar-refractivity contribution in [3.63, 3.8) is 0 Å². The number of rotatable bonds is 4. The Balaban J connectivity index is 2.24. The zero-order valence-corrected chi connectivity index (χ0v) is 12.6. The molecule has 0 fully saturated rings. The Morgan fingerprint density at radius 3 is 2.64 bits per heavy atom. The third kappa shape index (κ3) is 3.33. The lowest BCUT2D eigenvalue weighted by molar-refractivity contribution is -0.120. The maximum atomic E-state index is 12.6. The van der Waals surface area contributed by atoms with Crippen LogP contribution in [0.25, 0.3) is 0 Å². The first-order valence-corrected chi connectivity index (χ1v) is 6.99. The number of benzene rings is 2. The number of aliphatic hydroxyl groups is 1. The van der Waals surface area contributed by atoms with Gasteiger partial charge >= 0.3 is 0 Å². The largest absolute Gasteiger partial charge is 0.392 e. The lowest BCUT2D eigenvalue weighted by atomic mass is 9.83. The summed E-state index contributed by atoms with van der Waals surface area (Å²) in [5.41, 5.74) is 1.91. The van der Waals surface area contributed by atoms with E-state index in [4.69, 9.17) is 10.4 Å². The molecule has 2 rings (SSSR count). The minimum atomic E-state index is -0.776. The highest BCUT2D eigenvalue weighted by atomic mass is 16.3. The van der Waals surface area contributed by atoms with Crippen LogP contribution in [0, 0.1) is 11.3 Å². The molecular weight excluding hydrogens is 276 g/mol. The molecule has 0 unspecified atom stereocenters. The van der Waals surface area contributed by atoms with Crippen molar-refractivity contribution in [2.24, 2.45) is 0 Å². The van der Waals surface area contributed by atoms with Gasteiger partial charge in [-0.15, -0.1) is 0 Å². The van der Waals surface area contributed by atoms with Gasteiger partial charge in [0.15, 0.2) is 0 Å². The van der Waals surface area contributed by atoms with Crippen LogP contribution in [-0.2, 0) is 16.8 Å². The lowest BCUT2D eigenvalue weighted by Crippen LogP contribution is -2.34. The van der Waals surface area contributed by atoms with Gasteiger partial charge in [0.05, 0.1) is 23.7 Å². The van der Waals surface area contributed by atoms with Crippen molar-refractivity contribution >= 4 is 11.6 Å². The Morgan fingerprint density at radius 1 is 1.23 bits per heavy atom. The summed E-state index contributed by atoms with van der Waals surface area (Å²) in [6, 6.07) is 16.2. The molecule has 112 valence electrons. The molecule has 0 saturated carbocycles. The quantitative estimate of drug-likeness (QED) is 0.910. The summed E-state index contributed by atoms with van der Waals surface area (Å²) in [6.45, 7) is 3.56. The predicted octanol–water partition coefficient (Wildman–Crippen LogP) is 2.97. The van der Waals surface area contributed by atoms with Crippen LogP contribution in [0.1, 0.15) is 30.5 Å². The van der Waals surface area contributed by atoms with E-state index in [2.05, 4.69) is 11.4 Å². The monoisotopic (exact) mass is 294 g/mol. The van der Waals surface area contributed by atoms with Gasteiger partial charge in [-0.05, 0) is 49.2 Å². The Bertz CT molecular complexity index is 730. The van der Waals surface area contributed by atoms with E-state index in [0.29, 0.717) is 11.3 Å². The van der Waals surface area contributed by atoms with Gasteiger partial charge in [0.25, 0.3) is 0 Å². The molecule has 0 aliphatic heterocycles. The molecule has 22 heavy (non-hydrogen) atoms. The van der Waals surface area contributed by atoms with Crippen LogP contribution in [0.2, 0.25) is 0 Å². The summed E-state index contributed by atoms with van der Waals surface area (Å²) < 4.78 is 0. The normalized spacial score (nSPS) is 10.8. The fourth-order valence-electron chi connectivity index (χ4n) is 2.14. The first-order chi connectivity index (χ1) is 10.5. The van der Waals surface area contributed by atoms with Crippen molar-refractivity contribution in [1.29, 1.82) is 5.26 Å². The topological polar surface area (TPSA) is 73.1 Å². The zero-order chi connectivity index (χ0) is 16.2. The van der Waals surface area contributed by atoms with Crippen molar-refractivity contribution < 1.29 is 9.90 Å². The maximum Gasteiger partial charge on any atom is 0.234 e. The van der Waals surface area contributed by atoms with Gasteiger partial charge in [-0.3, -0.25) is 4.79 Å². The SMILES string of the molecule is CC(C)(C(=O)Nc1cccc(CO)c1)c1cccc(C#N)c1. The molecule has 0 atom stereocenters. The van der Waals surface area contributed by atoms with Crippen LogP contribution in [0.3, 0.4) is 0 Å². The maximum absolute atomic E-state index is 12.6. The number of nitriles is 1. The minimum absolute atomic E-state index is 0.0721. The summed E-state index contributed by atoms with van der Waals surface area (Å²) in [4.78, 5) is 12.6. The molecule has 0 spiro atoms. The van der Waals surface area contributed by atoms with Gasteiger partial charge in [0.1, 0.15) is 0 Å². The van der Waals surface area contributed by atoms with Gasteiger partial charge in [-0.2, -0.15) is 5.26 Å². The van der Waals surface area contributed by atoms with Gasteiger partial charge in [-0.1, -0.05) is 24.3 Å². The molecular formula is C18H18N2O2. The van der Waals surface area contributed by atoms with Crippen LogP contribution in [-0.4, -0.2) is 11.0 Å². The number of aliphatic hydroxyl groups excluding tert-OH is 1. The summed E-state index contributed by atoms with van der Waals surface area (Å²) in [6.07, 6.45) is 0. The van der Waals surface area contributed by atoms with Crippen molar-refractivity contribution in [3.05, 3.63) is 65.2 Å². The molecule has 0 saturated heterocycles. The van der Waals surface area contributed by atoms with E-state index in [1.807, 2.05) is 19.9 Å². The smallest absolute Gasteiger partial charge is 0.234 e. The number of hydrogen-bond donors (Lipinski definition) is 2. The number of nitrogens with one attached hydrogen (secondary N) is 1. The van der Waals surface area contributed by atoms with E-state index in [-0.39, 0.29) is 12.5 Å². The van der Waals surface area contributed by atoms with Crippen molar-refractivity contribution in [1.82, 2.24) is 0 Å². The average molecular weight is 294 g/mol. The second-order valence-corrected chi connectivity index (χ2v) is 5.63. The number of anilines is 1. The number of carbonyl (C=O) groups is 1. The van der Waals surface area contributed by atoms with E-state index in [9.17, 15) is 4.79 Å². The fourth-order valence-corrected chi connectivity index (χ4v) is 2.14. The highest BCUT2D eigenvalue weighted by molar-refractivity contribution is 5.98. The summed E-state index contributed by atoms with van der Waals surface area (Å²) in [5, 5.41) is 21.0. The van der Waals surface area contributed by atoms with Crippen molar-refractivity contribution in [3.8, 4) is 6.07 Å². The Hall–Kier alpha value is -2.64. The van der Waals surface area contributed by atoms with E-state index < -0.39 is 5.41 Å². The second-order valence-electron chi connectivity index (χ2n) is 5.63. The molecule has 1 amide bonds. The predicted molar refractivity (Wildman–Crippen MR) is 85.2 cm³/mol. The molecule has 0 aromatic heterocycles. The lowest BCUT2D eigenvalue weighted by Gasteiger charge is -2.24.